The topological polar surface area (TPSA) is 67.8 Å². The Kier molecular flexibility index (Phi) is 4.23. The van der Waals surface area contributed by atoms with Gasteiger partial charge in [-0.25, -0.2) is 4.98 Å². The number of nitrogens with zero attached hydrogens (tertiary/aromatic N) is 3. The second kappa shape index (κ2) is 6.30. The van der Waals surface area contributed by atoms with Crippen LogP contribution in [0.5, 0.6) is 0 Å². The van der Waals surface area contributed by atoms with Gasteiger partial charge < -0.3 is 0 Å². The lowest BCUT2D eigenvalue weighted by molar-refractivity contribution is 0.102. The van der Waals surface area contributed by atoms with E-state index in [9.17, 15) is 4.79 Å². The number of carbonyl (C=O) groups excluding carboxylic acids is 1. The number of hydrogen-bond donors (Lipinski definition) is 1. The Hall–Kier alpha value is -1.83. The fourth-order valence-corrected chi connectivity index (χ4v) is 3.16. The molecule has 3 rings (SSSR count). The molecule has 3 aromatic rings. The monoisotopic (exact) mass is 336 g/mol. The molecule has 8 heteroatoms. The molecule has 0 bridgehead atoms. The summed E-state index contributed by atoms with van der Waals surface area (Å²) in [5.41, 5.74) is 3.94. The third-order valence-electron chi connectivity index (χ3n) is 2.66. The normalized spacial score (nSPS) is 10.5. The third kappa shape index (κ3) is 3.26. The van der Waals surface area contributed by atoms with Gasteiger partial charge in [0.1, 0.15) is 10.5 Å². The van der Waals surface area contributed by atoms with Gasteiger partial charge in [-0.1, -0.05) is 23.5 Å². The first-order chi connectivity index (χ1) is 10.3. The molecule has 106 valence electrons. The van der Waals surface area contributed by atoms with E-state index >= 15 is 0 Å². The number of hydrogen-bond acceptors (Lipinski definition) is 6. The highest BCUT2D eigenvalue weighted by atomic mass is 35.5. The third-order valence-corrected chi connectivity index (χ3v) is 4.48. The predicted octanol–water partition coefficient (Wildman–Crippen LogP) is 3.65. The molecular formula is C13H9ClN4OS2. The van der Waals surface area contributed by atoms with Crippen LogP contribution in [0.4, 0.5) is 5.13 Å². The Balaban J connectivity index is 1.75. The van der Waals surface area contributed by atoms with Gasteiger partial charge in [0, 0.05) is 16.5 Å². The first kappa shape index (κ1) is 14.1. The number of nitrogens with one attached hydrogen (secondary N) is 1. The van der Waals surface area contributed by atoms with Crippen molar-refractivity contribution < 1.29 is 4.79 Å². The fraction of sp³-hybridized carbons (Fsp3) is 0.0769. The van der Waals surface area contributed by atoms with Gasteiger partial charge in [-0.2, -0.15) is 0 Å². The van der Waals surface area contributed by atoms with Crippen LogP contribution in [0.25, 0.3) is 10.6 Å². The lowest BCUT2D eigenvalue weighted by Crippen LogP contribution is -2.11. The van der Waals surface area contributed by atoms with Crippen LogP contribution >= 0.6 is 34.3 Å². The van der Waals surface area contributed by atoms with Crippen LogP contribution in [0, 0.1) is 0 Å². The molecule has 0 aliphatic carbocycles. The summed E-state index contributed by atoms with van der Waals surface area (Å²) >= 11 is 8.55. The van der Waals surface area contributed by atoms with E-state index in [4.69, 9.17) is 11.6 Å². The second-order valence-corrected chi connectivity index (χ2v) is 6.01. The van der Waals surface area contributed by atoms with Crippen molar-refractivity contribution in [2.45, 2.75) is 5.88 Å². The van der Waals surface area contributed by atoms with E-state index < -0.39 is 0 Å². The molecule has 2 aromatic heterocycles. The Morgan fingerprint density at radius 2 is 2.05 bits per heavy atom. The molecule has 21 heavy (non-hydrogen) atoms. The smallest absolute Gasteiger partial charge is 0.257 e. The summed E-state index contributed by atoms with van der Waals surface area (Å²) in [7, 11) is 0. The van der Waals surface area contributed by atoms with Gasteiger partial charge in [0.25, 0.3) is 5.91 Å². The maximum Gasteiger partial charge on any atom is 0.257 e. The quantitative estimate of drug-likeness (QED) is 0.738. The first-order valence-electron chi connectivity index (χ1n) is 5.94. The Morgan fingerprint density at radius 1 is 1.24 bits per heavy atom. The molecule has 1 N–H and O–H groups in total. The largest absolute Gasteiger partial charge is 0.296 e. The van der Waals surface area contributed by atoms with Gasteiger partial charge in [-0.15, -0.1) is 33.1 Å². The van der Waals surface area contributed by atoms with Crippen molar-refractivity contribution in [1.29, 1.82) is 0 Å². The highest BCUT2D eigenvalue weighted by molar-refractivity contribution is 7.13. The number of anilines is 1. The number of aromatic nitrogens is 3. The van der Waals surface area contributed by atoms with Gasteiger partial charge in [-0.05, 0) is 12.1 Å². The predicted molar refractivity (Wildman–Crippen MR) is 85.0 cm³/mol. The summed E-state index contributed by atoms with van der Waals surface area (Å²) in [6.07, 6.45) is 0. The molecule has 0 radical (unpaired) electrons. The molecule has 1 amide bonds. The summed E-state index contributed by atoms with van der Waals surface area (Å²) in [5.74, 6) is 0.192. The van der Waals surface area contributed by atoms with Gasteiger partial charge in [-0.3, -0.25) is 10.1 Å². The van der Waals surface area contributed by atoms with Gasteiger partial charge in [0.15, 0.2) is 0 Å². The zero-order valence-electron chi connectivity index (χ0n) is 10.6. The van der Waals surface area contributed by atoms with E-state index in [1.165, 1.54) is 22.7 Å². The number of halogens is 1. The van der Waals surface area contributed by atoms with Gasteiger partial charge in [0.2, 0.25) is 5.13 Å². The van der Waals surface area contributed by atoms with E-state index in [-0.39, 0.29) is 5.91 Å². The standard InChI is InChI=1S/C13H9ClN4OS2/c14-5-10-6-20-12(16-10)9-3-1-8(2-4-9)11(19)17-13-18-15-7-21-13/h1-4,6-7H,5H2,(H,17,18,19). The lowest BCUT2D eigenvalue weighted by Gasteiger charge is -2.02. The average molecular weight is 337 g/mol. The Bertz CT molecular complexity index is 740. The fourth-order valence-electron chi connectivity index (χ4n) is 1.66. The summed E-state index contributed by atoms with van der Waals surface area (Å²) in [6.45, 7) is 0. The minimum Gasteiger partial charge on any atom is -0.296 e. The summed E-state index contributed by atoms with van der Waals surface area (Å²) in [4.78, 5) is 16.4. The van der Waals surface area contributed by atoms with Crippen molar-refractivity contribution in [1.82, 2.24) is 15.2 Å². The molecule has 0 spiro atoms. The molecule has 0 unspecified atom stereocenters. The minimum absolute atomic E-state index is 0.209. The molecule has 0 saturated heterocycles. The van der Waals surface area contributed by atoms with Gasteiger partial charge in [0.05, 0.1) is 11.6 Å². The Labute approximate surface area is 133 Å². The van der Waals surface area contributed by atoms with Crippen molar-refractivity contribution in [3.63, 3.8) is 0 Å². The maximum atomic E-state index is 12.0. The average Bonchev–Trinajstić information content (AvgIpc) is 3.18. The number of rotatable bonds is 4. The summed E-state index contributed by atoms with van der Waals surface area (Å²) < 4.78 is 0. The highest BCUT2D eigenvalue weighted by Gasteiger charge is 2.09. The first-order valence-corrected chi connectivity index (χ1v) is 8.24. The van der Waals surface area contributed by atoms with Gasteiger partial charge >= 0.3 is 0 Å². The number of benzene rings is 1. The summed E-state index contributed by atoms with van der Waals surface area (Å²) in [6, 6.07) is 7.25. The molecule has 2 heterocycles. The van der Waals surface area contributed by atoms with E-state index in [1.807, 2.05) is 17.5 Å². The number of carbonyl (C=O) groups is 1. The van der Waals surface area contributed by atoms with Crippen LogP contribution in [0.2, 0.25) is 0 Å². The molecule has 0 aliphatic heterocycles. The molecule has 0 atom stereocenters. The number of amides is 1. The molecule has 0 aliphatic rings. The number of alkyl halides is 1. The Morgan fingerprint density at radius 3 is 2.67 bits per heavy atom. The van der Waals surface area contributed by atoms with E-state index in [0.717, 1.165) is 16.3 Å². The van der Waals surface area contributed by atoms with E-state index in [1.54, 1.807) is 17.6 Å². The minimum atomic E-state index is -0.209. The van der Waals surface area contributed by atoms with Crippen molar-refractivity contribution in [2.75, 3.05) is 5.32 Å². The molecule has 0 saturated carbocycles. The molecule has 1 aromatic carbocycles. The maximum absolute atomic E-state index is 12.0. The second-order valence-electron chi connectivity index (χ2n) is 4.05. The van der Waals surface area contributed by atoms with Crippen LogP contribution in [0.1, 0.15) is 16.1 Å². The van der Waals surface area contributed by atoms with Crippen molar-refractivity contribution in [3.05, 3.63) is 46.4 Å². The van der Waals surface area contributed by atoms with Crippen LogP contribution in [0.3, 0.4) is 0 Å². The van der Waals surface area contributed by atoms with Crippen LogP contribution in [0.15, 0.2) is 35.2 Å². The molecule has 5 nitrogen and oxygen atoms in total. The summed E-state index contributed by atoms with van der Waals surface area (Å²) in [5, 5.41) is 13.4. The lowest BCUT2D eigenvalue weighted by atomic mass is 10.1. The van der Waals surface area contributed by atoms with E-state index in [0.29, 0.717) is 16.6 Å². The zero-order chi connectivity index (χ0) is 14.7. The van der Waals surface area contributed by atoms with Crippen LogP contribution in [-0.4, -0.2) is 21.1 Å². The molecular weight excluding hydrogens is 328 g/mol. The zero-order valence-corrected chi connectivity index (χ0v) is 13.0. The number of thiazole rings is 1. The van der Waals surface area contributed by atoms with Crippen LogP contribution < -0.4 is 5.32 Å². The molecule has 0 fully saturated rings. The van der Waals surface area contributed by atoms with Crippen LogP contribution in [-0.2, 0) is 5.88 Å². The van der Waals surface area contributed by atoms with Crippen molar-refractivity contribution in [2.24, 2.45) is 0 Å². The van der Waals surface area contributed by atoms with Crippen molar-refractivity contribution in [3.8, 4) is 10.6 Å². The SMILES string of the molecule is O=C(Nc1nncs1)c1ccc(-c2nc(CCl)cs2)cc1. The highest BCUT2D eigenvalue weighted by Crippen LogP contribution is 2.24. The van der Waals surface area contributed by atoms with Crippen molar-refractivity contribution >= 4 is 45.3 Å². The van der Waals surface area contributed by atoms with E-state index in [2.05, 4.69) is 20.5 Å².